The van der Waals surface area contributed by atoms with Crippen molar-refractivity contribution in [3.8, 4) is 0 Å². The van der Waals surface area contributed by atoms with Crippen LogP contribution < -0.4 is 9.46 Å². The first-order chi connectivity index (χ1) is 8.03. The van der Waals surface area contributed by atoms with Crippen molar-refractivity contribution in [1.82, 2.24) is 4.57 Å². The molecule has 0 aliphatic carbocycles. The Morgan fingerprint density at radius 3 is 2.28 bits per heavy atom. The number of nitrogens with zero attached hydrogens (tertiary/aromatic N) is 2. The third kappa shape index (κ3) is 11.3. The lowest BCUT2D eigenvalue weighted by Crippen LogP contribution is -2.23. The lowest BCUT2D eigenvalue weighted by molar-refractivity contribution is -0.671. The first-order valence-electron chi connectivity index (χ1n) is 4.76. The third-order valence-corrected chi connectivity index (χ3v) is 2.34. The first kappa shape index (κ1) is 18.2. The van der Waals surface area contributed by atoms with Crippen LogP contribution in [0.1, 0.15) is 6.92 Å². The number of halogens is 4. The molecule has 0 amide bonds. The van der Waals surface area contributed by atoms with Gasteiger partial charge < -0.3 is 9.42 Å². The molecule has 0 aromatic carbocycles. The molecule has 1 aromatic rings. The van der Waals surface area contributed by atoms with Gasteiger partial charge in [-0.05, 0) is 6.92 Å². The summed E-state index contributed by atoms with van der Waals surface area (Å²) in [6, 6.07) is 0. The lowest BCUT2D eigenvalue weighted by atomic mass is 10.7. The van der Waals surface area contributed by atoms with Gasteiger partial charge in [0.25, 0.3) is 0 Å². The average Bonchev–Trinajstić information content (AvgIpc) is 2.60. The van der Waals surface area contributed by atoms with E-state index in [1.54, 1.807) is 0 Å². The van der Waals surface area contributed by atoms with Gasteiger partial charge in [-0.15, -0.1) is 0 Å². The average molecular weight is 342 g/mol. The van der Waals surface area contributed by atoms with Crippen molar-refractivity contribution < 1.29 is 22.7 Å². The van der Waals surface area contributed by atoms with E-state index in [1.807, 2.05) is 17.8 Å². The fourth-order valence-corrected chi connectivity index (χ4v) is 1.58. The van der Waals surface area contributed by atoms with Crippen LogP contribution in [0.15, 0.2) is 18.7 Å². The Balaban J connectivity index is 0.000000327. The molecule has 10 heteroatoms. The van der Waals surface area contributed by atoms with Crippen LogP contribution >= 0.6 is 42.7 Å². The van der Waals surface area contributed by atoms with Gasteiger partial charge in [0.15, 0.2) is 0 Å². The molecule has 0 aliphatic heterocycles. The SMILES string of the molecule is CCn1cc[n+](C)c1.O=P([O-])(F)OCC(Cl)(Cl)Cl. The number of imidazole rings is 1. The van der Waals surface area contributed by atoms with Crippen LogP contribution in [-0.2, 0) is 22.7 Å². The van der Waals surface area contributed by atoms with Crippen LogP contribution in [0.25, 0.3) is 0 Å². The minimum Gasteiger partial charge on any atom is -0.753 e. The zero-order valence-corrected chi connectivity index (χ0v) is 12.9. The summed E-state index contributed by atoms with van der Waals surface area (Å²) < 4.78 is 26.9. The molecule has 1 atom stereocenters. The molecule has 18 heavy (non-hydrogen) atoms. The summed E-state index contributed by atoms with van der Waals surface area (Å²) >= 11 is 15.1. The van der Waals surface area contributed by atoms with E-state index >= 15 is 0 Å². The Morgan fingerprint density at radius 1 is 1.56 bits per heavy atom. The molecule has 0 N–H and O–H groups in total. The lowest BCUT2D eigenvalue weighted by Gasteiger charge is -2.16. The van der Waals surface area contributed by atoms with Gasteiger partial charge in [-0.1, -0.05) is 34.8 Å². The minimum absolute atomic E-state index is 0.824. The van der Waals surface area contributed by atoms with Crippen LogP contribution in [0, 0.1) is 0 Å². The van der Waals surface area contributed by atoms with Crippen molar-refractivity contribution in [2.45, 2.75) is 17.3 Å². The normalized spacial score (nSPS) is 14.6. The Morgan fingerprint density at radius 2 is 2.11 bits per heavy atom. The highest BCUT2D eigenvalue weighted by atomic mass is 35.6. The second-order valence-corrected chi connectivity index (χ2v) is 6.86. The predicted molar refractivity (Wildman–Crippen MR) is 66.2 cm³/mol. The highest BCUT2D eigenvalue weighted by molar-refractivity contribution is 7.45. The summed E-state index contributed by atoms with van der Waals surface area (Å²) in [6.45, 7) is 2.36. The third-order valence-electron chi connectivity index (χ3n) is 1.57. The van der Waals surface area contributed by atoms with Crippen molar-refractivity contribution >= 4 is 42.7 Å². The molecular formula is C8H13Cl3FN2O3P. The smallest absolute Gasteiger partial charge is 0.307 e. The monoisotopic (exact) mass is 340 g/mol. The number of rotatable bonds is 3. The van der Waals surface area contributed by atoms with Crippen LogP contribution in [0.3, 0.4) is 0 Å². The molecule has 0 radical (unpaired) electrons. The Hall–Kier alpha value is 0.160. The van der Waals surface area contributed by atoms with Gasteiger partial charge in [0.1, 0.15) is 19.0 Å². The van der Waals surface area contributed by atoms with Gasteiger partial charge in [-0.2, -0.15) is 4.20 Å². The largest absolute Gasteiger partial charge is 0.753 e. The summed E-state index contributed by atoms with van der Waals surface area (Å²) in [5, 5.41) is 0. The Bertz CT molecular complexity index is 405. The van der Waals surface area contributed by atoms with E-state index in [4.69, 9.17) is 34.8 Å². The number of aromatic nitrogens is 2. The molecule has 0 aliphatic rings. The fraction of sp³-hybridized carbons (Fsp3) is 0.625. The van der Waals surface area contributed by atoms with Crippen LogP contribution in [-0.4, -0.2) is 15.0 Å². The standard InChI is InChI=1S/C6H11N2.C2H3Cl3FO3P/c1-3-8-5-4-7(2)6-8;3-2(4,5)1-9-10(6,7)8/h4-6H,3H2,1-2H3;1H2,(H,7,8)/q+1;/p-1. The van der Waals surface area contributed by atoms with Gasteiger partial charge in [-0.3, -0.25) is 4.57 Å². The maximum atomic E-state index is 11.5. The highest BCUT2D eigenvalue weighted by Gasteiger charge is 2.22. The summed E-state index contributed by atoms with van der Waals surface area (Å²) in [7, 11) is -3.25. The van der Waals surface area contributed by atoms with Crippen molar-refractivity contribution in [3.63, 3.8) is 0 Å². The van der Waals surface area contributed by atoms with Gasteiger partial charge >= 0.3 is 7.91 Å². The van der Waals surface area contributed by atoms with E-state index in [0.29, 0.717) is 0 Å². The van der Waals surface area contributed by atoms with Crippen LogP contribution in [0.4, 0.5) is 4.20 Å². The molecule has 1 heterocycles. The number of hydrogen-bond donors (Lipinski definition) is 0. The highest BCUT2D eigenvalue weighted by Crippen LogP contribution is 2.41. The van der Waals surface area contributed by atoms with Gasteiger partial charge in [0.05, 0.1) is 13.6 Å². The van der Waals surface area contributed by atoms with E-state index < -0.39 is 18.3 Å². The summed E-state index contributed by atoms with van der Waals surface area (Å²) in [5.74, 6) is 0. The van der Waals surface area contributed by atoms with Gasteiger partial charge in [0, 0.05) is 0 Å². The molecule has 0 fully saturated rings. The van der Waals surface area contributed by atoms with Crippen molar-refractivity contribution in [3.05, 3.63) is 18.7 Å². The van der Waals surface area contributed by atoms with Gasteiger partial charge in [0.2, 0.25) is 10.1 Å². The van der Waals surface area contributed by atoms with E-state index in [9.17, 15) is 13.7 Å². The van der Waals surface area contributed by atoms with Crippen LogP contribution in [0.5, 0.6) is 0 Å². The summed E-state index contributed by atoms with van der Waals surface area (Å²) in [5.41, 5.74) is 0. The van der Waals surface area contributed by atoms with Gasteiger partial charge in [-0.25, -0.2) is 9.13 Å². The molecular weight excluding hydrogens is 328 g/mol. The summed E-state index contributed by atoms with van der Waals surface area (Å²) in [6.07, 6.45) is 6.14. The molecule has 0 bridgehead atoms. The van der Waals surface area contributed by atoms with E-state index in [-0.39, 0.29) is 0 Å². The molecule has 1 aromatic heterocycles. The minimum atomic E-state index is -5.27. The first-order valence-corrected chi connectivity index (χ1v) is 7.33. The number of hydrogen-bond acceptors (Lipinski definition) is 3. The van der Waals surface area contributed by atoms with Crippen molar-refractivity contribution in [1.29, 1.82) is 0 Å². The maximum absolute atomic E-state index is 11.5. The van der Waals surface area contributed by atoms with E-state index in [2.05, 4.69) is 28.5 Å². The predicted octanol–water partition coefficient (Wildman–Crippen LogP) is 2.14. The van der Waals surface area contributed by atoms with Crippen molar-refractivity contribution in [2.24, 2.45) is 7.05 Å². The second kappa shape index (κ2) is 7.68. The molecule has 0 saturated heterocycles. The molecule has 5 nitrogen and oxygen atoms in total. The van der Waals surface area contributed by atoms with Crippen molar-refractivity contribution in [2.75, 3.05) is 6.61 Å². The Kier molecular flexibility index (Phi) is 7.75. The molecule has 106 valence electrons. The van der Waals surface area contributed by atoms with E-state index in [1.165, 1.54) is 0 Å². The number of aryl methyl sites for hydroxylation is 2. The molecule has 0 spiro atoms. The Labute approximate surface area is 120 Å². The quantitative estimate of drug-likeness (QED) is 0.481. The fourth-order valence-electron chi connectivity index (χ4n) is 0.839. The topological polar surface area (TPSA) is 58.2 Å². The molecule has 1 unspecified atom stereocenters. The zero-order valence-electron chi connectivity index (χ0n) is 9.72. The van der Waals surface area contributed by atoms with Crippen LogP contribution in [0.2, 0.25) is 0 Å². The maximum Gasteiger partial charge on any atom is 0.307 e. The number of alkyl halides is 3. The van der Waals surface area contributed by atoms with E-state index in [0.717, 1.165) is 6.54 Å². The zero-order chi connectivity index (χ0) is 14.4. The molecule has 0 saturated carbocycles. The second-order valence-electron chi connectivity index (χ2n) is 3.23. The summed E-state index contributed by atoms with van der Waals surface area (Å²) in [4.78, 5) is 9.64. The molecule has 1 rings (SSSR count).